The van der Waals surface area contributed by atoms with Gasteiger partial charge in [-0.3, -0.25) is 9.59 Å². The molecule has 1 heterocycles. The van der Waals surface area contributed by atoms with Gasteiger partial charge in [-0.05, 0) is 18.9 Å². The Morgan fingerprint density at radius 2 is 2.15 bits per heavy atom. The van der Waals surface area contributed by atoms with Gasteiger partial charge in [-0.25, -0.2) is 0 Å². The molecule has 0 saturated carbocycles. The highest BCUT2D eigenvalue weighted by molar-refractivity contribution is 5.86. The third-order valence-corrected chi connectivity index (χ3v) is 3.62. The zero-order valence-electron chi connectivity index (χ0n) is 11.6. The number of rotatable bonds is 4. The summed E-state index contributed by atoms with van der Waals surface area (Å²) in [4.78, 5) is 23.3. The number of amides is 2. The van der Waals surface area contributed by atoms with Gasteiger partial charge in [0.15, 0.2) is 0 Å². The Morgan fingerprint density at radius 1 is 1.45 bits per heavy atom. The van der Waals surface area contributed by atoms with Gasteiger partial charge in [0.25, 0.3) is 0 Å². The number of benzene rings is 1. The van der Waals surface area contributed by atoms with Gasteiger partial charge >= 0.3 is 0 Å². The standard InChI is InChI=1S/C15H20N2O3/c1-15(20,12-5-3-2-4-6-12)10-17-14(19)11-7-8-16-13(18)9-11/h2-6,11,20H,7-10H2,1H3,(H,16,18)(H,17,19). The molecule has 1 saturated heterocycles. The smallest absolute Gasteiger partial charge is 0.223 e. The number of carbonyl (C=O) groups excluding carboxylic acids is 2. The van der Waals surface area contributed by atoms with Crippen LogP contribution in [0.15, 0.2) is 30.3 Å². The summed E-state index contributed by atoms with van der Waals surface area (Å²) >= 11 is 0. The summed E-state index contributed by atoms with van der Waals surface area (Å²) in [5.41, 5.74) is -0.366. The quantitative estimate of drug-likeness (QED) is 0.751. The molecule has 2 atom stereocenters. The van der Waals surface area contributed by atoms with Crippen molar-refractivity contribution in [3.05, 3.63) is 35.9 Å². The van der Waals surface area contributed by atoms with Crippen LogP contribution < -0.4 is 10.6 Å². The highest BCUT2D eigenvalue weighted by Crippen LogP contribution is 2.20. The summed E-state index contributed by atoms with van der Waals surface area (Å²) in [6.07, 6.45) is 0.865. The fourth-order valence-electron chi connectivity index (χ4n) is 2.31. The maximum absolute atomic E-state index is 12.0. The fourth-order valence-corrected chi connectivity index (χ4v) is 2.31. The number of hydrogen-bond donors (Lipinski definition) is 3. The van der Waals surface area contributed by atoms with Gasteiger partial charge in [0.05, 0.1) is 6.54 Å². The SMILES string of the molecule is CC(O)(CNC(=O)C1CCNC(=O)C1)c1ccccc1. The summed E-state index contributed by atoms with van der Waals surface area (Å²) in [6.45, 7) is 2.33. The van der Waals surface area contributed by atoms with Gasteiger partial charge < -0.3 is 15.7 Å². The predicted octanol–water partition coefficient (Wildman–Crippen LogP) is 0.536. The van der Waals surface area contributed by atoms with Crippen molar-refractivity contribution in [2.75, 3.05) is 13.1 Å². The summed E-state index contributed by atoms with van der Waals surface area (Å²) in [5, 5.41) is 15.8. The topological polar surface area (TPSA) is 78.4 Å². The highest BCUT2D eigenvalue weighted by Gasteiger charge is 2.28. The van der Waals surface area contributed by atoms with Gasteiger partial charge in [-0.2, -0.15) is 0 Å². The van der Waals surface area contributed by atoms with Crippen LogP contribution in [0.2, 0.25) is 0 Å². The van der Waals surface area contributed by atoms with E-state index in [1.54, 1.807) is 6.92 Å². The van der Waals surface area contributed by atoms with Gasteiger partial charge in [-0.1, -0.05) is 30.3 Å². The molecule has 2 rings (SSSR count). The molecule has 20 heavy (non-hydrogen) atoms. The van der Waals surface area contributed by atoms with Crippen molar-refractivity contribution in [2.45, 2.75) is 25.4 Å². The summed E-state index contributed by atoms with van der Waals surface area (Å²) in [7, 11) is 0. The second-order valence-electron chi connectivity index (χ2n) is 5.40. The molecule has 1 aromatic rings. The maximum atomic E-state index is 12.0. The number of piperidine rings is 1. The average Bonchev–Trinajstić information content (AvgIpc) is 2.46. The van der Waals surface area contributed by atoms with Crippen LogP contribution >= 0.6 is 0 Å². The zero-order chi connectivity index (χ0) is 14.6. The Morgan fingerprint density at radius 3 is 2.80 bits per heavy atom. The van der Waals surface area contributed by atoms with Gasteiger partial charge in [0.2, 0.25) is 11.8 Å². The van der Waals surface area contributed by atoms with E-state index in [-0.39, 0.29) is 30.7 Å². The number of carbonyl (C=O) groups is 2. The first-order valence-electron chi connectivity index (χ1n) is 6.81. The van der Waals surface area contributed by atoms with E-state index in [1.807, 2.05) is 30.3 Å². The lowest BCUT2D eigenvalue weighted by Gasteiger charge is -2.27. The molecule has 1 fully saturated rings. The Balaban J connectivity index is 1.91. The molecule has 0 radical (unpaired) electrons. The minimum Gasteiger partial charge on any atom is -0.384 e. The van der Waals surface area contributed by atoms with E-state index < -0.39 is 5.60 Å². The first kappa shape index (κ1) is 14.5. The van der Waals surface area contributed by atoms with Crippen molar-refractivity contribution >= 4 is 11.8 Å². The summed E-state index contributed by atoms with van der Waals surface area (Å²) in [5.74, 6) is -0.558. The Hall–Kier alpha value is -1.88. The second kappa shape index (κ2) is 6.05. The molecular weight excluding hydrogens is 256 g/mol. The van der Waals surface area contributed by atoms with E-state index in [0.717, 1.165) is 5.56 Å². The molecule has 3 N–H and O–H groups in total. The third kappa shape index (κ3) is 3.57. The minimum atomic E-state index is -1.12. The molecular formula is C15H20N2O3. The normalized spacial score (nSPS) is 21.7. The average molecular weight is 276 g/mol. The largest absolute Gasteiger partial charge is 0.384 e. The van der Waals surface area contributed by atoms with Gasteiger partial charge in [0, 0.05) is 18.9 Å². The Bertz CT molecular complexity index is 485. The van der Waals surface area contributed by atoms with Crippen LogP contribution in [0.25, 0.3) is 0 Å². The molecule has 5 heteroatoms. The molecule has 1 aliphatic rings. The van der Waals surface area contributed by atoms with Crippen LogP contribution in [-0.4, -0.2) is 30.0 Å². The molecule has 2 amide bonds. The fraction of sp³-hybridized carbons (Fsp3) is 0.467. The molecule has 0 aromatic heterocycles. The summed E-state index contributed by atoms with van der Waals surface area (Å²) in [6, 6.07) is 9.20. The van der Waals surface area contributed by atoms with Gasteiger partial charge in [0.1, 0.15) is 5.60 Å². The van der Waals surface area contributed by atoms with E-state index in [4.69, 9.17) is 0 Å². The molecule has 108 valence electrons. The van der Waals surface area contributed by atoms with Crippen LogP contribution in [0.4, 0.5) is 0 Å². The lowest BCUT2D eigenvalue weighted by molar-refractivity contribution is -0.133. The number of nitrogens with one attached hydrogen (secondary N) is 2. The van der Waals surface area contributed by atoms with Crippen molar-refractivity contribution in [1.29, 1.82) is 0 Å². The zero-order valence-corrected chi connectivity index (χ0v) is 11.6. The van der Waals surface area contributed by atoms with E-state index in [1.165, 1.54) is 0 Å². The molecule has 1 aromatic carbocycles. The number of aliphatic hydroxyl groups is 1. The first-order chi connectivity index (χ1) is 9.49. The van der Waals surface area contributed by atoms with Crippen molar-refractivity contribution in [1.82, 2.24) is 10.6 Å². The molecule has 0 spiro atoms. The van der Waals surface area contributed by atoms with E-state index in [9.17, 15) is 14.7 Å². The third-order valence-electron chi connectivity index (χ3n) is 3.62. The lowest BCUT2D eigenvalue weighted by atomic mass is 9.94. The van der Waals surface area contributed by atoms with Crippen molar-refractivity contribution < 1.29 is 14.7 Å². The highest BCUT2D eigenvalue weighted by atomic mass is 16.3. The van der Waals surface area contributed by atoms with Crippen LogP contribution in [-0.2, 0) is 15.2 Å². The lowest BCUT2D eigenvalue weighted by Crippen LogP contribution is -2.45. The van der Waals surface area contributed by atoms with E-state index in [2.05, 4.69) is 10.6 Å². The molecule has 5 nitrogen and oxygen atoms in total. The maximum Gasteiger partial charge on any atom is 0.223 e. The minimum absolute atomic E-state index is 0.0915. The monoisotopic (exact) mass is 276 g/mol. The van der Waals surface area contributed by atoms with Crippen LogP contribution in [0, 0.1) is 5.92 Å². The molecule has 1 aliphatic heterocycles. The van der Waals surface area contributed by atoms with Crippen LogP contribution in [0.5, 0.6) is 0 Å². The Labute approximate surface area is 118 Å². The van der Waals surface area contributed by atoms with Crippen molar-refractivity contribution in [2.24, 2.45) is 5.92 Å². The number of hydrogen-bond acceptors (Lipinski definition) is 3. The molecule has 0 bridgehead atoms. The molecule has 2 unspecified atom stereocenters. The van der Waals surface area contributed by atoms with Crippen LogP contribution in [0.3, 0.4) is 0 Å². The molecule has 0 aliphatic carbocycles. The predicted molar refractivity (Wildman–Crippen MR) is 74.8 cm³/mol. The van der Waals surface area contributed by atoms with E-state index >= 15 is 0 Å². The van der Waals surface area contributed by atoms with Crippen molar-refractivity contribution in [3.63, 3.8) is 0 Å². The first-order valence-corrected chi connectivity index (χ1v) is 6.81. The van der Waals surface area contributed by atoms with Gasteiger partial charge in [-0.15, -0.1) is 0 Å². The summed E-state index contributed by atoms with van der Waals surface area (Å²) < 4.78 is 0. The van der Waals surface area contributed by atoms with E-state index in [0.29, 0.717) is 13.0 Å². The van der Waals surface area contributed by atoms with Crippen molar-refractivity contribution in [3.8, 4) is 0 Å². The Kier molecular flexibility index (Phi) is 4.39. The van der Waals surface area contributed by atoms with Crippen LogP contribution in [0.1, 0.15) is 25.3 Å². The second-order valence-corrected chi connectivity index (χ2v) is 5.40.